The highest BCUT2D eigenvalue weighted by atomic mass is 32.2. The average Bonchev–Trinajstić information content (AvgIpc) is 2.18. The molecule has 0 amide bonds. The normalized spacial score (nSPS) is 13.9. The van der Waals surface area contributed by atoms with Gasteiger partial charge in [-0.15, -0.1) is 0 Å². The van der Waals surface area contributed by atoms with Gasteiger partial charge in [-0.1, -0.05) is 0 Å². The summed E-state index contributed by atoms with van der Waals surface area (Å²) in [6, 6.07) is -0.139. The molecule has 0 fully saturated rings. The Labute approximate surface area is 97.5 Å². The Morgan fingerprint density at radius 3 is 2.69 bits per heavy atom. The summed E-state index contributed by atoms with van der Waals surface area (Å²) >= 11 is 0. The van der Waals surface area contributed by atoms with Gasteiger partial charge in [0.15, 0.2) is 0 Å². The summed E-state index contributed by atoms with van der Waals surface area (Å²) in [6.45, 7) is 3.33. The molecular weight excluding hydrogens is 232 g/mol. The lowest BCUT2D eigenvalue weighted by Gasteiger charge is -2.11. The van der Waals surface area contributed by atoms with Gasteiger partial charge < -0.3 is 15.2 Å². The number of hydrogen-bond donors (Lipinski definition) is 2. The first-order chi connectivity index (χ1) is 7.52. The molecule has 0 bridgehead atoms. The molecule has 0 aliphatic heterocycles. The van der Waals surface area contributed by atoms with Crippen LogP contribution in [0.5, 0.6) is 0 Å². The van der Waals surface area contributed by atoms with Crippen molar-refractivity contribution in [3.8, 4) is 0 Å². The molecule has 7 heteroatoms. The van der Waals surface area contributed by atoms with E-state index < -0.39 is 10.0 Å². The maximum atomic E-state index is 11.4. The number of methoxy groups -OCH3 is 1. The molecule has 0 aromatic heterocycles. The summed E-state index contributed by atoms with van der Waals surface area (Å²) in [4.78, 5) is 0. The van der Waals surface area contributed by atoms with E-state index in [4.69, 9.17) is 15.2 Å². The third kappa shape index (κ3) is 9.05. The Balaban J connectivity index is 3.65. The van der Waals surface area contributed by atoms with Gasteiger partial charge in [0.2, 0.25) is 10.0 Å². The molecule has 0 heterocycles. The second-order valence-electron chi connectivity index (χ2n) is 3.41. The number of sulfonamides is 1. The Kier molecular flexibility index (Phi) is 8.77. The van der Waals surface area contributed by atoms with Crippen LogP contribution in [-0.2, 0) is 19.5 Å². The largest absolute Gasteiger partial charge is 0.383 e. The van der Waals surface area contributed by atoms with E-state index in [0.717, 1.165) is 0 Å². The summed E-state index contributed by atoms with van der Waals surface area (Å²) in [6.07, 6.45) is 0.557. The van der Waals surface area contributed by atoms with Crippen LogP contribution in [0.4, 0.5) is 0 Å². The minimum Gasteiger partial charge on any atom is -0.383 e. The van der Waals surface area contributed by atoms with Crippen LogP contribution in [0.2, 0.25) is 0 Å². The molecular formula is C9H22N2O4S. The van der Waals surface area contributed by atoms with Gasteiger partial charge >= 0.3 is 0 Å². The van der Waals surface area contributed by atoms with Gasteiger partial charge in [-0.05, 0) is 13.3 Å². The molecule has 0 saturated heterocycles. The molecule has 3 N–H and O–H groups in total. The zero-order chi connectivity index (χ0) is 12.4. The second kappa shape index (κ2) is 8.89. The highest BCUT2D eigenvalue weighted by Crippen LogP contribution is 1.90. The Bertz CT molecular complexity index is 256. The van der Waals surface area contributed by atoms with Crippen molar-refractivity contribution in [1.82, 2.24) is 4.72 Å². The van der Waals surface area contributed by atoms with Crippen LogP contribution < -0.4 is 10.5 Å². The van der Waals surface area contributed by atoms with Crippen LogP contribution in [0.1, 0.15) is 13.3 Å². The number of nitrogens with two attached hydrogens (primary N) is 1. The van der Waals surface area contributed by atoms with Crippen molar-refractivity contribution in [1.29, 1.82) is 0 Å². The highest BCUT2D eigenvalue weighted by Gasteiger charge is 2.10. The first kappa shape index (κ1) is 15.8. The quantitative estimate of drug-likeness (QED) is 0.503. The van der Waals surface area contributed by atoms with Crippen molar-refractivity contribution in [2.75, 3.05) is 39.2 Å². The first-order valence-electron chi connectivity index (χ1n) is 5.31. The van der Waals surface area contributed by atoms with Crippen LogP contribution >= 0.6 is 0 Å². The lowest BCUT2D eigenvalue weighted by molar-refractivity contribution is 0.163. The maximum Gasteiger partial charge on any atom is 0.213 e. The molecule has 0 spiro atoms. The van der Waals surface area contributed by atoms with E-state index in [1.807, 2.05) is 6.92 Å². The van der Waals surface area contributed by atoms with Crippen LogP contribution in [0.15, 0.2) is 0 Å². The van der Waals surface area contributed by atoms with E-state index in [1.165, 1.54) is 0 Å². The summed E-state index contributed by atoms with van der Waals surface area (Å²) in [5.74, 6) is -0.0135. The molecule has 0 saturated carbocycles. The smallest absolute Gasteiger partial charge is 0.213 e. The molecule has 1 atom stereocenters. The molecule has 1 unspecified atom stereocenters. The number of nitrogens with one attached hydrogen (secondary N) is 1. The molecule has 98 valence electrons. The van der Waals surface area contributed by atoms with Crippen molar-refractivity contribution < 1.29 is 17.9 Å². The van der Waals surface area contributed by atoms with Crippen LogP contribution in [0.25, 0.3) is 0 Å². The summed E-state index contributed by atoms with van der Waals surface area (Å²) in [7, 11) is -1.67. The van der Waals surface area contributed by atoms with Crippen molar-refractivity contribution in [2.24, 2.45) is 5.73 Å². The van der Waals surface area contributed by atoms with Crippen LogP contribution in [0.3, 0.4) is 0 Å². The monoisotopic (exact) mass is 254 g/mol. The highest BCUT2D eigenvalue weighted by molar-refractivity contribution is 7.89. The summed E-state index contributed by atoms with van der Waals surface area (Å²) < 4.78 is 35.0. The van der Waals surface area contributed by atoms with E-state index in [0.29, 0.717) is 26.2 Å². The molecule has 0 rings (SSSR count). The standard InChI is InChI=1S/C9H22N2O4S/c1-3-15-6-7-16(12,13)11-5-4-9(10)8-14-2/h9,11H,3-8,10H2,1-2H3. The number of ether oxygens (including phenoxy) is 2. The van der Waals surface area contributed by atoms with Crippen molar-refractivity contribution in [3.05, 3.63) is 0 Å². The molecule has 0 aromatic rings. The van der Waals surface area contributed by atoms with Crippen molar-refractivity contribution in [2.45, 2.75) is 19.4 Å². The van der Waals surface area contributed by atoms with Gasteiger partial charge in [0, 0.05) is 26.3 Å². The molecule has 6 nitrogen and oxygen atoms in total. The number of hydrogen-bond acceptors (Lipinski definition) is 5. The van der Waals surface area contributed by atoms with Crippen molar-refractivity contribution in [3.63, 3.8) is 0 Å². The SMILES string of the molecule is CCOCCS(=O)(=O)NCCC(N)COC. The van der Waals surface area contributed by atoms with E-state index in [1.54, 1.807) is 7.11 Å². The van der Waals surface area contributed by atoms with Gasteiger partial charge in [0.1, 0.15) is 0 Å². The van der Waals surface area contributed by atoms with Crippen molar-refractivity contribution >= 4 is 10.0 Å². The Morgan fingerprint density at radius 2 is 2.12 bits per heavy atom. The minimum atomic E-state index is -3.24. The predicted octanol–water partition coefficient (Wildman–Crippen LogP) is -0.694. The van der Waals surface area contributed by atoms with E-state index in [2.05, 4.69) is 4.72 Å². The van der Waals surface area contributed by atoms with Gasteiger partial charge in [-0.25, -0.2) is 13.1 Å². The first-order valence-corrected chi connectivity index (χ1v) is 6.96. The van der Waals surface area contributed by atoms with Gasteiger partial charge in [-0.3, -0.25) is 0 Å². The van der Waals surface area contributed by atoms with E-state index in [-0.39, 0.29) is 18.4 Å². The van der Waals surface area contributed by atoms with Gasteiger partial charge in [0.25, 0.3) is 0 Å². The van der Waals surface area contributed by atoms with Gasteiger partial charge in [-0.2, -0.15) is 0 Å². The fourth-order valence-electron chi connectivity index (χ4n) is 1.08. The fourth-order valence-corrected chi connectivity index (χ4v) is 1.99. The second-order valence-corrected chi connectivity index (χ2v) is 5.34. The van der Waals surface area contributed by atoms with Crippen LogP contribution in [-0.4, -0.2) is 53.7 Å². The third-order valence-corrected chi connectivity index (χ3v) is 3.27. The van der Waals surface area contributed by atoms with Crippen LogP contribution in [0, 0.1) is 0 Å². The summed E-state index contributed by atoms with van der Waals surface area (Å²) in [5, 5.41) is 0. The molecule has 0 aliphatic rings. The van der Waals surface area contributed by atoms with Gasteiger partial charge in [0.05, 0.1) is 19.0 Å². The maximum absolute atomic E-state index is 11.4. The predicted molar refractivity (Wildman–Crippen MR) is 62.8 cm³/mol. The molecule has 0 radical (unpaired) electrons. The molecule has 16 heavy (non-hydrogen) atoms. The third-order valence-electron chi connectivity index (χ3n) is 1.92. The zero-order valence-electron chi connectivity index (χ0n) is 9.94. The topological polar surface area (TPSA) is 90.7 Å². The zero-order valence-corrected chi connectivity index (χ0v) is 10.8. The van der Waals surface area contributed by atoms with E-state index >= 15 is 0 Å². The van der Waals surface area contributed by atoms with E-state index in [9.17, 15) is 8.42 Å². The summed E-state index contributed by atoms with van der Waals surface area (Å²) in [5.41, 5.74) is 5.65. The average molecular weight is 254 g/mol. The Morgan fingerprint density at radius 1 is 1.44 bits per heavy atom. The molecule has 0 aliphatic carbocycles. The molecule has 0 aromatic carbocycles. The lowest BCUT2D eigenvalue weighted by atomic mass is 10.2. The minimum absolute atomic E-state index is 0.0135. The number of rotatable bonds is 10. The lowest BCUT2D eigenvalue weighted by Crippen LogP contribution is -2.34. The Hall–Kier alpha value is -0.210. The fraction of sp³-hybridized carbons (Fsp3) is 1.00.